The summed E-state index contributed by atoms with van der Waals surface area (Å²) in [6.07, 6.45) is 2.32. The molecule has 1 saturated heterocycles. The van der Waals surface area contributed by atoms with Gasteiger partial charge in [0.05, 0.1) is 5.69 Å². The fraction of sp³-hybridized carbons (Fsp3) is 0.214. The summed E-state index contributed by atoms with van der Waals surface area (Å²) in [5, 5.41) is 11.0. The lowest BCUT2D eigenvalue weighted by Gasteiger charge is -2.50. The number of nitrogens with one attached hydrogen (secondary N) is 3. The Morgan fingerprint density at radius 1 is 0.775 bits per heavy atom. The molecule has 2 aliphatic heterocycles. The number of esters is 1. The molecule has 3 N–H and O–H groups in total. The number of ether oxygens (including phenoxy) is 2. The molecule has 0 bridgehead atoms. The molecule has 3 atom stereocenters. The zero-order valence-electron chi connectivity index (χ0n) is 39.6. The van der Waals surface area contributed by atoms with E-state index in [2.05, 4.69) is 52.3 Å². The van der Waals surface area contributed by atoms with E-state index < -0.39 is 58.6 Å². The summed E-state index contributed by atoms with van der Waals surface area (Å²) < 4.78 is 14.0. The molecule has 2 aromatic heterocycles. The Bertz CT molecular complexity index is 2870. The van der Waals surface area contributed by atoms with Gasteiger partial charge in [-0.25, -0.2) is 19.1 Å². The summed E-state index contributed by atoms with van der Waals surface area (Å²) in [7, 11) is 1.94. The average molecular weight is 1000 g/mol. The second-order valence-corrected chi connectivity index (χ2v) is 21.1. The Balaban J connectivity index is 1.02. The van der Waals surface area contributed by atoms with Crippen molar-refractivity contribution in [3.8, 4) is 0 Å². The van der Waals surface area contributed by atoms with Crippen molar-refractivity contribution >= 4 is 63.9 Å². The van der Waals surface area contributed by atoms with E-state index in [0.717, 1.165) is 38.3 Å². The van der Waals surface area contributed by atoms with Gasteiger partial charge in [-0.15, -0.1) is 34.9 Å². The van der Waals surface area contributed by atoms with E-state index in [9.17, 15) is 19.2 Å². The summed E-state index contributed by atoms with van der Waals surface area (Å²) in [4.78, 5) is 65.0. The maximum atomic E-state index is 14.7. The van der Waals surface area contributed by atoms with Crippen LogP contribution in [0.2, 0.25) is 0 Å². The van der Waals surface area contributed by atoms with E-state index in [1.807, 2.05) is 151 Å². The molecule has 15 heteroatoms. The van der Waals surface area contributed by atoms with Crippen LogP contribution in [0.3, 0.4) is 0 Å². The first-order valence-electron chi connectivity index (χ1n) is 23.1. The molecule has 0 aliphatic carbocycles. The highest BCUT2D eigenvalue weighted by molar-refractivity contribution is 8.01. The Labute approximate surface area is 425 Å². The predicted octanol–water partition coefficient (Wildman–Crippen LogP) is 9.72. The third-order valence-corrected chi connectivity index (χ3v) is 15.2. The minimum atomic E-state index is -1.37. The highest BCUT2D eigenvalue weighted by atomic mass is 32.2. The summed E-state index contributed by atoms with van der Waals surface area (Å²) in [6, 6.07) is 50.7. The van der Waals surface area contributed by atoms with Crippen LogP contribution in [0.5, 0.6) is 0 Å². The maximum Gasteiger partial charge on any atom is 0.408 e. The van der Waals surface area contributed by atoms with Gasteiger partial charge < -0.3 is 25.4 Å². The number of hydrogen-bond donors (Lipinski definition) is 3. The van der Waals surface area contributed by atoms with E-state index in [1.54, 1.807) is 37.9 Å². The van der Waals surface area contributed by atoms with Gasteiger partial charge >= 0.3 is 12.1 Å². The zero-order chi connectivity index (χ0) is 49.5. The number of alkyl carbamates (subject to hydrolysis) is 1. The van der Waals surface area contributed by atoms with Crippen molar-refractivity contribution in [2.45, 2.75) is 60.4 Å². The number of benzene rings is 5. The molecule has 1 unspecified atom stereocenters. The smallest absolute Gasteiger partial charge is 0.408 e. The molecule has 0 radical (unpaired) electrons. The first kappa shape index (κ1) is 48.8. The second-order valence-electron chi connectivity index (χ2n) is 18.1. The zero-order valence-corrected chi connectivity index (χ0v) is 42.0. The van der Waals surface area contributed by atoms with Crippen LogP contribution in [0.15, 0.2) is 198 Å². The summed E-state index contributed by atoms with van der Waals surface area (Å²) >= 11 is 4.29. The number of nitrogens with zero attached hydrogens (tertiary/aromatic N) is 3. The van der Waals surface area contributed by atoms with Gasteiger partial charge in [0, 0.05) is 33.9 Å². The van der Waals surface area contributed by atoms with E-state index in [-0.39, 0.29) is 11.4 Å². The number of pyridine rings is 1. The van der Waals surface area contributed by atoms with E-state index in [4.69, 9.17) is 14.5 Å². The number of anilines is 1. The van der Waals surface area contributed by atoms with Gasteiger partial charge in [0.25, 0.3) is 5.91 Å². The number of aryl methyl sites for hydroxylation is 1. The number of carbonyl (C=O) groups excluding carboxylic acids is 4. The van der Waals surface area contributed by atoms with Crippen LogP contribution in [-0.4, -0.2) is 62.3 Å². The molecule has 0 spiro atoms. The lowest BCUT2D eigenvalue weighted by molar-refractivity contribution is -0.671. The van der Waals surface area contributed by atoms with Crippen LogP contribution in [0.4, 0.5) is 9.93 Å². The van der Waals surface area contributed by atoms with Crippen LogP contribution in [0.25, 0.3) is 0 Å². The van der Waals surface area contributed by atoms with Gasteiger partial charge in [-0.2, -0.15) is 0 Å². The molecule has 0 saturated carbocycles. The van der Waals surface area contributed by atoms with Gasteiger partial charge in [0.2, 0.25) is 5.91 Å². The monoisotopic (exact) mass is 1000 g/mol. The standard InChI is InChI=1S/C56H52N6O6S3/c1-55(2,3)68-54(66)59-45(44-36-71-53(57-44)60-56(40-24-14-7-15-25-40,41-26-16-8-17-27-41)42-28-18-9-19-29-42)49(63)58-46-50(64)62-47(39(35-70-51(46)62)34-69-43-30-32-61(4)33-31-43)52(65)67-48(37-20-10-5-11-21-37)38-22-12-6-13-23-38/h5-33,36,45-46,48,51H,34-35H2,1-4H3,(H2-,57,58,59,60,63,66)/p+1/t45?,46-,51-/m1/s1. The van der Waals surface area contributed by atoms with Gasteiger partial charge in [-0.05, 0) is 54.2 Å². The molecule has 3 amide bonds. The van der Waals surface area contributed by atoms with Crippen molar-refractivity contribution in [1.29, 1.82) is 0 Å². The molecule has 5 aromatic carbocycles. The highest BCUT2D eigenvalue weighted by Crippen LogP contribution is 2.44. The molecular weight excluding hydrogens is 949 g/mol. The Morgan fingerprint density at radius 3 is 1.82 bits per heavy atom. The SMILES string of the molecule is C[n+]1ccc(SCC2=C(C(=O)OC(c3ccccc3)c3ccccc3)N3C(=O)[C@@H](NC(=O)C(NC(=O)OC(C)(C)C)c4csc(NC(c5ccccc5)(c5ccccc5)c5ccccc5)n4)[C@H]3SC2)cc1. The quantitative estimate of drug-likeness (QED) is 0.0282. The fourth-order valence-corrected chi connectivity index (χ4v) is 11.8. The number of carbonyl (C=O) groups is 4. The van der Waals surface area contributed by atoms with Gasteiger partial charge in [-0.1, -0.05) is 152 Å². The molecule has 12 nitrogen and oxygen atoms in total. The Kier molecular flexibility index (Phi) is 14.7. The fourth-order valence-electron chi connectivity index (χ4n) is 8.64. The minimum absolute atomic E-state index is 0.160. The van der Waals surface area contributed by atoms with Crippen molar-refractivity contribution in [2.24, 2.45) is 7.05 Å². The third-order valence-electron chi connectivity index (χ3n) is 12.0. The molecule has 360 valence electrons. The molecule has 2 aliphatic rings. The number of thiazole rings is 1. The predicted molar refractivity (Wildman–Crippen MR) is 278 cm³/mol. The molecular formula is C56H53N6O6S3+. The largest absolute Gasteiger partial charge is 0.448 e. The number of amides is 3. The number of β-lactam (4-membered cyclic amide) rings is 1. The van der Waals surface area contributed by atoms with Crippen molar-refractivity contribution in [2.75, 3.05) is 16.8 Å². The van der Waals surface area contributed by atoms with Gasteiger partial charge in [-0.3, -0.25) is 14.5 Å². The van der Waals surface area contributed by atoms with E-state index in [0.29, 0.717) is 16.6 Å². The number of aromatic nitrogens is 2. The van der Waals surface area contributed by atoms with Crippen LogP contribution >= 0.6 is 34.9 Å². The van der Waals surface area contributed by atoms with Gasteiger partial charge in [0.15, 0.2) is 29.7 Å². The summed E-state index contributed by atoms with van der Waals surface area (Å²) in [5.41, 5.74) is 3.75. The highest BCUT2D eigenvalue weighted by Gasteiger charge is 2.55. The van der Waals surface area contributed by atoms with E-state index >= 15 is 0 Å². The summed E-state index contributed by atoms with van der Waals surface area (Å²) in [6.45, 7) is 5.19. The number of fused-ring (bicyclic) bond motifs is 1. The minimum Gasteiger partial charge on any atom is -0.448 e. The van der Waals surface area contributed by atoms with E-state index in [1.165, 1.54) is 28.0 Å². The molecule has 7 aromatic rings. The number of thioether (sulfide) groups is 2. The number of hydrogen-bond acceptors (Lipinski definition) is 11. The normalized spacial score (nSPS) is 16.1. The third kappa shape index (κ3) is 10.9. The van der Waals surface area contributed by atoms with Crippen molar-refractivity contribution < 1.29 is 33.2 Å². The molecule has 9 rings (SSSR count). The first-order valence-corrected chi connectivity index (χ1v) is 26.0. The van der Waals surface area contributed by atoms with Crippen LogP contribution in [0, 0.1) is 0 Å². The second kappa shape index (κ2) is 21.4. The Morgan fingerprint density at radius 2 is 1.30 bits per heavy atom. The lowest BCUT2D eigenvalue weighted by atomic mass is 9.77. The maximum absolute atomic E-state index is 14.7. The lowest BCUT2D eigenvalue weighted by Crippen LogP contribution is -2.71. The van der Waals surface area contributed by atoms with Crippen molar-refractivity contribution in [1.82, 2.24) is 20.5 Å². The molecule has 4 heterocycles. The van der Waals surface area contributed by atoms with Gasteiger partial charge in [0.1, 0.15) is 35.3 Å². The Hall–Kier alpha value is -7.20. The first-order chi connectivity index (χ1) is 34.4. The van der Waals surface area contributed by atoms with Crippen LogP contribution in [0.1, 0.15) is 66.4 Å². The topological polar surface area (TPSA) is 143 Å². The molecule has 71 heavy (non-hydrogen) atoms. The van der Waals surface area contributed by atoms with Crippen molar-refractivity contribution in [3.63, 3.8) is 0 Å². The van der Waals surface area contributed by atoms with Crippen molar-refractivity contribution in [3.05, 3.63) is 226 Å². The van der Waals surface area contributed by atoms with Crippen LogP contribution < -0.4 is 20.5 Å². The molecule has 1 fully saturated rings. The number of rotatable bonds is 16. The average Bonchev–Trinajstić information content (AvgIpc) is 3.86. The summed E-state index contributed by atoms with van der Waals surface area (Å²) in [5.74, 6) is -0.991. The van der Waals surface area contributed by atoms with Crippen LogP contribution in [-0.2, 0) is 36.4 Å².